The molecule has 0 heterocycles. The van der Waals surface area contributed by atoms with Crippen LogP contribution >= 0.6 is 0 Å². The number of hydrogen-bond donors (Lipinski definition) is 0. The molecule has 0 radical (unpaired) electrons. The molecule has 0 bridgehead atoms. The van der Waals surface area contributed by atoms with E-state index in [0.29, 0.717) is 17.1 Å². The van der Waals surface area contributed by atoms with Crippen molar-refractivity contribution in [2.75, 3.05) is 14.2 Å². The largest absolute Gasteiger partial charge is 0.493 e. The molecule has 0 fully saturated rings. The van der Waals surface area contributed by atoms with E-state index in [2.05, 4.69) is 0 Å². The third-order valence-electron chi connectivity index (χ3n) is 2.78. The van der Waals surface area contributed by atoms with Crippen LogP contribution < -0.4 is 9.47 Å². The van der Waals surface area contributed by atoms with Gasteiger partial charge in [-0.05, 0) is 11.6 Å². The van der Waals surface area contributed by atoms with Gasteiger partial charge in [0.2, 0.25) is 0 Å². The van der Waals surface area contributed by atoms with Gasteiger partial charge in [-0.2, -0.15) is 0 Å². The molecule has 2 aromatic carbocycles. The summed E-state index contributed by atoms with van der Waals surface area (Å²) >= 11 is 0. The molecule has 2 rings (SSSR count). The quantitative estimate of drug-likeness (QED) is 0.772. The number of methoxy groups -OCH3 is 2. The van der Waals surface area contributed by atoms with Crippen LogP contribution in [0.1, 0.15) is 10.4 Å². The van der Waals surface area contributed by atoms with Gasteiger partial charge in [0.25, 0.3) is 0 Å². The van der Waals surface area contributed by atoms with Gasteiger partial charge in [-0.1, -0.05) is 36.4 Å². The Morgan fingerprint density at radius 3 is 2.28 bits per heavy atom. The first-order chi connectivity index (χ1) is 8.81. The van der Waals surface area contributed by atoms with Gasteiger partial charge in [0.1, 0.15) is 0 Å². The SMILES string of the molecule is COc1cccc(-c2ccccc2C=O)c1OC. The Morgan fingerprint density at radius 2 is 1.61 bits per heavy atom. The maximum atomic E-state index is 11.1. The molecule has 0 amide bonds. The molecule has 92 valence electrons. The zero-order chi connectivity index (χ0) is 13.0. The van der Waals surface area contributed by atoms with Crippen molar-refractivity contribution in [1.29, 1.82) is 0 Å². The van der Waals surface area contributed by atoms with Crippen molar-refractivity contribution >= 4 is 6.29 Å². The van der Waals surface area contributed by atoms with Gasteiger partial charge in [0, 0.05) is 11.1 Å². The van der Waals surface area contributed by atoms with E-state index < -0.39 is 0 Å². The van der Waals surface area contributed by atoms with E-state index in [1.165, 1.54) is 0 Å². The van der Waals surface area contributed by atoms with Crippen molar-refractivity contribution in [3.8, 4) is 22.6 Å². The molecular weight excluding hydrogens is 228 g/mol. The van der Waals surface area contributed by atoms with Crippen molar-refractivity contribution in [3.63, 3.8) is 0 Å². The second kappa shape index (κ2) is 5.36. The van der Waals surface area contributed by atoms with E-state index in [1.54, 1.807) is 20.3 Å². The summed E-state index contributed by atoms with van der Waals surface area (Å²) in [5.74, 6) is 1.28. The molecule has 0 unspecified atom stereocenters. The van der Waals surface area contributed by atoms with Crippen LogP contribution in [0.2, 0.25) is 0 Å². The smallest absolute Gasteiger partial charge is 0.168 e. The van der Waals surface area contributed by atoms with E-state index >= 15 is 0 Å². The molecule has 0 saturated heterocycles. The summed E-state index contributed by atoms with van der Waals surface area (Å²) in [5, 5.41) is 0. The van der Waals surface area contributed by atoms with Crippen LogP contribution in [0.15, 0.2) is 42.5 Å². The Labute approximate surface area is 106 Å². The predicted molar refractivity (Wildman–Crippen MR) is 70.4 cm³/mol. The molecule has 0 spiro atoms. The molecule has 0 atom stereocenters. The maximum Gasteiger partial charge on any atom is 0.168 e. The Hall–Kier alpha value is -2.29. The zero-order valence-corrected chi connectivity index (χ0v) is 10.3. The topological polar surface area (TPSA) is 35.5 Å². The van der Waals surface area contributed by atoms with Gasteiger partial charge >= 0.3 is 0 Å². The van der Waals surface area contributed by atoms with Gasteiger partial charge in [-0.15, -0.1) is 0 Å². The normalized spacial score (nSPS) is 9.89. The average Bonchev–Trinajstić information content (AvgIpc) is 2.46. The monoisotopic (exact) mass is 242 g/mol. The number of carbonyl (C=O) groups excluding carboxylic acids is 1. The fourth-order valence-corrected chi connectivity index (χ4v) is 1.94. The van der Waals surface area contributed by atoms with Gasteiger partial charge in [-0.25, -0.2) is 0 Å². The van der Waals surface area contributed by atoms with E-state index in [4.69, 9.17) is 9.47 Å². The minimum atomic E-state index is 0.629. The van der Waals surface area contributed by atoms with Gasteiger partial charge in [0.15, 0.2) is 17.8 Å². The maximum absolute atomic E-state index is 11.1. The Bertz CT molecular complexity index is 561. The first kappa shape index (κ1) is 12.2. The Morgan fingerprint density at radius 1 is 0.889 bits per heavy atom. The summed E-state index contributed by atoms with van der Waals surface area (Å²) in [6.45, 7) is 0. The van der Waals surface area contributed by atoms with Crippen molar-refractivity contribution < 1.29 is 14.3 Å². The van der Waals surface area contributed by atoms with Crippen LogP contribution in [-0.4, -0.2) is 20.5 Å². The molecule has 0 aliphatic heterocycles. The third-order valence-corrected chi connectivity index (χ3v) is 2.78. The third kappa shape index (κ3) is 2.07. The lowest BCUT2D eigenvalue weighted by Gasteiger charge is -2.13. The van der Waals surface area contributed by atoms with Crippen molar-refractivity contribution in [2.45, 2.75) is 0 Å². The van der Waals surface area contributed by atoms with Crippen LogP contribution in [0.4, 0.5) is 0 Å². The van der Waals surface area contributed by atoms with Crippen molar-refractivity contribution in [3.05, 3.63) is 48.0 Å². The molecule has 0 N–H and O–H groups in total. The molecule has 0 saturated carbocycles. The lowest BCUT2D eigenvalue weighted by Crippen LogP contribution is -1.95. The van der Waals surface area contributed by atoms with E-state index in [1.807, 2.05) is 36.4 Å². The van der Waals surface area contributed by atoms with Gasteiger partial charge in [0.05, 0.1) is 14.2 Å². The summed E-state index contributed by atoms with van der Waals surface area (Å²) < 4.78 is 10.6. The highest BCUT2D eigenvalue weighted by Gasteiger charge is 2.13. The molecule has 0 aromatic heterocycles. The van der Waals surface area contributed by atoms with Crippen molar-refractivity contribution in [2.24, 2.45) is 0 Å². The Kier molecular flexibility index (Phi) is 3.63. The fraction of sp³-hybridized carbons (Fsp3) is 0.133. The molecular formula is C15H14O3. The van der Waals surface area contributed by atoms with Crippen LogP contribution in [0.3, 0.4) is 0 Å². The molecule has 18 heavy (non-hydrogen) atoms. The highest BCUT2D eigenvalue weighted by Crippen LogP contribution is 2.38. The molecule has 3 heteroatoms. The summed E-state index contributed by atoms with van der Waals surface area (Å²) in [6.07, 6.45) is 0.842. The minimum Gasteiger partial charge on any atom is -0.493 e. The highest BCUT2D eigenvalue weighted by atomic mass is 16.5. The van der Waals surface area contributed by atoms with E-state index in [9.17, 15) is 4.79 Å². The number of ether oxygens (including phenoxy) is 2. The number of aldehydes is 1. The van der Waals surface area contributed by atoms with Crippen LogP contribution in [0, 0.1) is 0 Å². The van der Waals surface area contributed by atoms with E-state index in [-0.39, 0.29) is 0 Å². The van der Waals surface area contributed by atoms with Crippen molar-refractivity contribution in [1.82, 2.24) is 0 Å². The second-order valence-electron chi connectivity index (χ2n) is 3.75. The number of carbonyl (C=O) groups is 1. The highest BCUT2D eigenvalue weighted by molar-refractivity contribution is 5.89. The van der Waals surface area contributed by atoms with Gasteiger partial charge < -0.3 is 9.47 Å². The Balaban J connectivity index is 2.67. The minimum absolute atomic E-state index is 0.629. The molecule has 3 nitrogen and oxygen atoms in total. The van der Waals surface area contributed by atoms with Crippen LogP contribution in [0.5, 0.6) is 11.5 Å². The first-order valence-electron chi connectivity index (χ1n) is 5.57. The summed E-state index contributed by atoms with van der Waals surface area (Å²) in [5.41, 5.74) is 2.31. The average molecular weight is 242 g/mol. The summed E-state index contributed by atoms with van der Waals surface area (Å²) in [7, 11) is 3.18. The number of rotatable bonds is 4. The molecule has 0 aliphatic rings. The number of para-hydroxylation sites is 1. The lowest BCUT2D eigenvalue weighted by atomic mass is 9.99. The van der Waals surface area contributed by atoms with Crippen LogP contribution in [-0.2, 0) is 0 Å². The standard InChI is InChI=1S/C15H14O3/c1-17-14-9-5-8-13(15(14)18-2)12-7-4-3-6-11(12)10-16/h3-10H,1-2H3. The summed E-state index contributed by atoms with van der Waals surface area (Å²) in [6, 6.07) is 13.0. The summed E-state index contributed by atoms with van der Waals surface area (Å²) in [4.78, 5) is 11.1. The molecule has 2 aromatic rings. The first-order valence-corrected chi connectivity index (χ1v) is 5.57. The second-order valence-corrected chi connectivity index (χ2v) is 3.75. The van der Waals surface area contributed by atoms with Gasteiger partial charge in [-0.3, -0.25) is 4.79 Å². The predicted octanol–water partition coefficient (Wildman–Crippen LogP) is 3.18. The van der Waals surface area contributed by atoms with E-state index in [0.717, 1.165) is 17.4 Å². The fourth-order valence-electron chi connectivity index (χ4n) is 1.94. The number of hydrogen-bond acceptors (Lipinski definition) is 3. The van der Waals surface area contributed by atoms with Crippen LogP contribution in [0.25, 0.3) is 11.1 Å². The molecule has 0 aliphatic carbocycles. The number of benzene rings is 2. The lowest BCUT2D eigenvalue weighted by molar-refractivity contribution is 0.112. The zero-order valence-electron chi connectivity index (χ0n) is 10.3.